The molecule has 0 aliphatic carbocycles. The first kappa shape index (κ1) is 17.6. The van der Waals surface area contributed by atoms with E-state index in [0.717, 1.165) is 5.56 Å². The molecule has 2 heterocycles. The molecule has 0 radical (unpaired) electrons. The lowest BCUT2D eigenvalue weighted by Gasteiger charge is -2.34. The van der Waals surface area contributed by atoms with Gasteiger partial charge in [0.1, 0.15) is 5.82 Å². The average Bonchev–Trinajstić information content (AvgIpc) is 2.69. The lowest BCUT2D eigenvalue weighted by Crippen LogP contribution is -2.51. The molecule has 0 saturated carbocycles. The molecule has 1 saturated heterocycles. The second kappa shape index (κ2) is 8.24. The van der Waals surface area contributed by atoms with Gasteiger partial charge >= 0.3 is 6.03 Å². The van der Waals surface area contributed by atoms with E-state index in [2.05, 4.69) is 10.3 Å². The summed E-state index contributed by atoms with van der Waals surface area (Å²) in [5, 5.41) is 2.73. The molecule has 0 spiro atoms. The first-order valence-corrected chi connectivity index (χ1v) is 8.30. The highest BCUT2D eigenvalue weighted by Crippen LogP contribution is 2.11. The maximum Gasteiger partial charge on any atom is 0.321 e. The van der Waals surface area contributed by atoms with Gasteiger partial charge in [-0.1, -0.05) is 6.07 Å². The maximum atomic E-state index is 12.9. The Kier molecular flexibility index (Phi) is 5.58. The van der Waals surface area contributed by atoms with Crippen molar-refractivity contribution in [1.82, 2.24) is 14.8 Å². The van der Waals surface area contributed by atoms with Crippen LogP contribution < -0.4 is 5.32 Å². The summed E-state index contributed by atoms with van der Waals surface area (Å²) in [5.41, 5.74) is 1.40. The van der Waals surface area contributed by atoms with E-state index in [1.165, 1.54) is 30.3 Å². The highest BCUT2D eigenvalue weighted by atomic mass is 19.1. The van der Waals surface area contributed by atoms with Crippen LogP contribution in [0.4, 0.5) is 14.9 Å². The Morgan fingerprint density at radius 1 is 1.04 bits per heavy atom. The average molecular weight is 354 g/mol. The molecule has 1 fully saturated rings. The molecule has 1 aromatic carbocycles. The van der Waals surface area contributed by atoms with E-state index in [9.17, 15) is 14.0 Å². The first-order chi connectivity index (χ1) is 12.6. The minimum atomic E-state index is -0.352. The van der Waals surface area contributed by atoms with Gasteiger partial charge in [-0.15, -0.1) is 0 Å². The van der Waals surface area contributed by atoms with Gasteiger partial charge in [0.2, 0.25) is 5.91 Å². The van der Waals surface area contributed by atoms with Crippen LogP contribution in [-0.4, -0.2) is 52.9 Å². The zero-order chi connectivity index (χ0) is 18.4. The number of nitrogens with one attached hydrogen (secondary N) is 1. The number of urea groups is 1. The third kappa shape index (κ3) is 4.66. The van der Waals surface area contributed by atoms with Crippen molar-refractivity contribution in [3.63, 3.8) is 0 Å². The zero-order valence-electron chi connectivity index (χ0n) is 14.1. The molecule has 7 heteroatoms. The summed E-state index contributed by atoms with van der Waals surface area (Å²) in [7, 11) is 0. The van der Waals surface area contributed by atoms with Crippen molar-refractivity contribution in [1.29, 1.82) is 0 Å². The number of rotatable bonds is 3. The van der Waals surface area contributed by atoms with E-state index in [-0.39, 0.29) is 17.8 Å². The van der Waals surface area contributed by atoms with Gasteiger partial charge in [0.25, 0.3) is 0 Å². The number of carbonyl (C=O) groups is 2. The summed E-state index contributed by atoms with van der Waals surface area (Å²) in [6.45, 7) is 1.82. The molecule has 0 bridgehead atoms. The molecule has 1 aliphatic rings. The number of hydrogen-bond donors (Lipinski definition) is 1. The van der Waals surface area contributed by atoms with Crippen molar-refractivity contribution < 1.29 is 14.0 Å². The summed E-state index contributed by atoms with van der Waals surface area (Å²) < 4.78 is 12.9. The number of amides is 3. The SMILES string of the molecule is O=C(C=Cc1cccnc1)N1CCN(C(=O)Nc2ccc(F)cc2)CC1. The van der Waals surface area contributed by atoms with Crippen LogP contribution in [0.25, 0.3) is 6.08 Å². The molecule has 1 aliphatic heterocycles. The molecule has 2 aromatic rings. The van der Waals surface area contributed by atoms with Gasteiger partial charge in [-0.25, -0.2) is 9.18 Å². The van der Waals surface area contributed by atoms with Crippen molar-refractivity contribution in [2.45, 2.75) is 0 Å². The molecule has 1 N–H and O–H groups in total. The summed E-state index contributed by atoms with van der Waals surface area (Å²) in [6, 6.07) is 9.03. The molecule has 6 nitrogen and oxygen atoms in total. The number of hydrogen-bond acceptors (Lipinski definition) is 3. The topological polar surface area (TPSA) is 65.5 Å². The molecule has 26 heavy (non-hydrogen) atoms. The summed E-state index contributed by atoms with van der Waals surface area (Å²) >= 11 is 0. The Hall–Kier alpha value is -3.22. The van der Waals surface area contributed by atoms with Gasteiger partial charge in [-0.3, -0.25) is 9.78 Å². The fraction of sp³-hybridized carbons (Fsp3) is 0.211. The summed E-state index contributed by atoms with van der Waals surface area (Å²) in [5.74, 6) is -0.443. The van der Waals surface area contributed by atoms with E-state index in [0.29, 0.717) is 31.9 Å². The predicted molar refractivity (Wildman–Crippen MR) is 96.8 cm³/mol. The maximum absolute atomic E-state index is 12.9. The van der Waals surface area contributed by atoms with Crippen LogP contribution in [0, 0.1) is 5.82 Å². The third-order valence-electron chi connectivity index (χ3n) is 4.08. The largest absolute Gasteiger partial charge is 0.336 e. The lowest BCUT2D eigenvalue weighted by molar-refractivity contribution is -0.127. The molecule has 0 unspecified atom stereocenters. The van der Waals surface area contributed by atoms with Gasteiger partial charge in [0, 0.05) is 50.3 Å². The number of piperazine rings is 1. The Morgan fingerprint density at radius 3 is 2.38 bits per heavy atom. The Balaban J connectivity index is 1.49. The Morgan fingerprint density at radius 2 is 1.73 bits per heavy atom. The van der Waals surface area contributed by atoms with Crippen LogP contribution in [0.5, 0.6) is 0 Å². The van der Waals surface area contributed by atoms with Crippen LogP contribution in [-0.2, 0) is 4.79 Å². The van der Waals surface area contributed by atoms with Crippen molar-refractivity contribution in [2.24, 2.45) is 0 Å². The quantitative estimate of drug-likeness (QED) is 0.862. The molecular weight excluding hydrogens is 335 g/mol. The number of carbonyl (C=O) groups excluding carboxylic acids is 2. The van der Waals surface area contributed by atoms with Gasteiger partial charge in [-0.05, 0) is 42.0 Å². The minimum absolute atomic E-state index is 0.0903. The molecular formula is C19H19FN4O2. The van der Waals surface area contributed by atoms with Crippen LogP contribution in [0.15, 0.2) is 54.9 Å². The number of aromatic nitrogens is 1. The Labute approximate surface area is 150 Å². The van der Waals surface area contributed by atoms with E-state index in [4.69, 9.17) is 0 Å². The fourth-order valence-corrected chi connectivity index (χ4v) is 2.61. The number of nitrogens with zero attached hydrogens (tertiary/aromatic N) is 3. The monoisotopic (exact) mass is 354 g/mol. The van der Waals surface area contributed by atoms with E-state index < -0.39 is 0 Å². The number of pyridine rings is 1. The number of halogens is 1. The first-order valence-electron chi connectivity index (χ1n) is 8.30. The van der Waals surface area contributed by atoms with Gasteiger partial charge in [0.15, 0.2) is 0 Å². The highest BCUT2D eigenvalue weighted by molar-refractivity contribution is 5.92. The molecule has 3 rings (SSSR count). The van der Waals surface area contributed by atoms with Crippen LogP contribution in [0.1, 0.15) is 5.56 Å². The summed E-state index contributed by atoms with van der Waals surface area (Å²) in [4.78, 5) is 31.8. The molecule has 3 amide bonds. The van der Waals surface area contributed by atoms with E-state index in [1.807, 2.05) is 12.1 Å². The zero-order valence-corrected chi connectivity index (χ0v) is 14.1. The Bertz CT molecular complexity index is 785. The van der Waals surface area contributed by atoms with Crippen molar-refractivity contribution in [3.8, 4) is 0 Å². The molecule has 1 aromatic heterocycles. The van der Waals surface area contributed by atoms with Crippen molar-refractivity contribution in [3.05, 3.63) is 66.2 Å². The van der Waals surface area contributed by atoms with Crippen LogP contribution in [0.2, 0.25) is 0 Å². The number of benzene rings is 1. The van der Waals surface area contributed by atoms with Crippen molar-refractivity contribution in [2.75, 3.05) is 31.5 Å². The summed E-state index contributed by atoms with van der Waals surface area (Å²) in [6.07, 6.45) is 6.60. The minimum Gasteiger partial charge on any atom is -0.336 e. The molecule has 0 atom stereocenters. The molecule has 134 valence electrons. The van der Waals surface area contributed by atoms with Gasteiger partial charge < -0.3 is 15.1 Å². The highest BCUT2D eigenvalue weighted by Gasteiger charge is 2.23. The smallest absolute Gasteiger partial charge is 0.321 e. The number of anilines is 1. The van der Waals surface area contributed by atoms with Gasteiger partial charge in [-0.2, -0.15) is 0 Å². The second-order valence-electron chi connectivity index (χ2n) is 5.87. The van der Waals surface area contributed by atoms with E-state index >= 15 is 0 Å². The second-order valence-corrected chi connectivity index (χ2v) is 5.87. The standard InChI is InChI=1S/C19H19FN4O2/c20-16-4-6-17(7-5-16)22-19(26)24-12-10-23(11-13-24)18(25)8-3-15-2-1-9-21-14-15/h1-9,14H,10-13H2,(H,22,26). The van der Waals surface area contributed by atoms with Crippen molar-refractivity contribution >= 4 is 23.7 Å². The lowest BCUT2D eigenvalue weighted by atomic mass is 10.2. The fourth-order valence-electron chi connectivity index (χ4n) is 2.61. The van der Waals surface area contributed by atoms with Crippen LogP contribution in [0.3, 0.4) is 0 Å². The predicted octanol–water partition coefficient (Wildman–Crippen LogP) is 2.61. The van der Waals surface area contributed by atoms with Crippen LogP contribution >= 0.6 is 0 Å². The van der Waals surface area contributed by atoms with Gasteiger partial charge in [0.05, 0.1) is 0 Å². The third-order valence-corrected chi connectivity index (χ3v) is 4.08. The van der Waals surface area contributed by atoms with E-state index in [1.54, 1.807) is 28.3 Å². The normalized spacial score (nSPS) is 14.5.